The first-order valence-corrected chi connectivity index (χ1v) is 9.77. The number of nitrogens with one attached hydrogen (secondary N) is 1. The van der Waals surface area contributed by atoms with Crippen molar-refractivity contribution in [2.45, 2.75) is 41.5 Å². The SMILES string of the molecule is C=C(C)N(/N=C(\C)c1ccc(C)c(C)c1)C(=O)/C=C(\C)CNc1cccc(C)c1. The van der Waals surface area contributed by atoms with E-state index in [4.69, 9.17) is 0 Å². The Morgan fingerprint density at radius 1 is 1.07 bits per heavy atom. The molecule has 0 aliphatic carbocycles. The number of aryl methyl sites for hydroxylation is 3. The molecule has 0 saturated heterocycles. The Labute approximate surface area is 174 Å². The lowest BCUT2D eigenvalue weighted by atomic mass is 10.0. The van der Waals surface area contributed by atoms with Gasteiger partial charge in [0.15, 0.2) is 0 Å². The van der Waals surface area contributed by atoms with Crippen LogP contribution in [0.2, 0.25) is 0 Å². The van der Waals surface area contributed by atoms with Crippen molar-refractivity contribution < 1.29 is 4.79 Å². The zero-order chi connectivity index (χ0) is 21.6. The monoisotopic (exact) mass is 389 g/mol. The fourth-order valence-corrected chi connectivity index (χ4v) is 2.82. The first-order chi connectivity index (χ1) is 13.7. The lowest BCUT2D eigenvalue weighted by Crippen LogP contribution is -2.24. The van der Waals surface area contributed by atoms with Gasteiger partial charge < -0.3 is 5.32 Å². The molecular weight excluding hydrogens is 358 g/mol. The summed E-state index contributed by atoms with van der Waals surface area (Å²) in [5, 5.41) is 9.24. The van der Waals surface area contributed by atoms with Gasteiger partial charge >= 0.3 is 0 Å². The van der Waals surface area contributed by atoms with Gasteiger partial charge in [-0.25, -0.2) is 5.01 Å². The third-order valence-electron chi connectivity index (χ3n) is 4.70. The first-order valence-electron chi connectivity index (χ1n) is 9.77. The lowest BCUT2D eigenvalue weighted by Gasteiger charge is -2.17. The molecule has 0 aliphatic rings. The van der Waals surface area contributed by atoms with Crippen LogP contribution in [0.5, 0.6) is 0 Å². The molecule has 2 rings (SSSR count). The van der Waals surface area contributed by atoms with Crippen LogP contribution >= 0.6 is 0 Å². The largest absolute Gasteiger partial charge is 0.381 e. The van der Waals surface area contributed by atoms with Crippen LogP contribution in [-0.4, -0.2) is 23.2 Å². The molecule has 4 heteroatoms. The van der Waals surface area contributed by atoms with Crippen molar-refractivity contribution in [1.29, 1.82) is 0 Å². The minimum absolute atomic E-state index is 0.204. The van der Waals surface area contributed by atoms with Gasteiger partial charge in [0.05, 0.1) is 5.71 Å². The molecule has 0 saturated carbocycles. The van der Waals surface area contributed by atoms with Gasteiger partial charge in [0.1, 0.15) is 0 Å². The number of hydrazone groups is 1. The standard InChI is InChI=1S/C25H31N3O/c1-17(2)28(27-22(7)23-12-11-20(5)21(6)15-23)25(29)14-19(4)16-26-24-10-8-9-18(3)13-24/h8-15,26H,1,16H2,2-7H3/b19-14+,27-22+. The van der Waals surface area contributed by atoms with Crippen molar-refractivity contribution in [1.82, 2.24) is 5.01 Å². The molecule has 0 aliphatic heterocycles. The van der Waals surface area contributed by atoms with E-state index in [2.05, 4.69) is 62.0 Å². The third-order valence-corrected chi connectivity index (χ3v) is 4.70. The second-order valence-electron chi connectivity index (χ2n) is 7.58. The molecule has 1 amide bonds. The Hall–Kier alpha value is -3.14. The van der Waals surface area contributed by atoms with Crippen LogP contribution < -0.4 is 5.32 Å². The summed E-state index contributed by atoms with van der Waals surface area (Å²) in [6.45, 7) is 16.3. The predicted octanol–water partition coefficient (Wildman–Crippen LogP) is 5.76. The molecule has 2 aromatic rings. The van der Waals surface area contributed by atoms with Crippen molar-refractivity contribution in [3.05, 3.63) is 88.6 Å². The van der Waals surface area contributed by atoms with E-state index in [9.17, 15) is 4.79 Å². The van der Waals surface area contributed by atoms with Gasteiger partial charge in [-0.05, 0) is 87.6 Å². The maximum atomic E-state index is 12.8. The number of carbonyl (C=O) groups excluding carboxylic acids is 1. The molecule has 0 aromatic heterocycles. The van der Waals surface area contributed by atoms with Gasteiger partial charge in [-0.15, -0.1) is 0 Å². The maximum absolute atomic E-state index is 12.8. The van der Waals surface area contributed by atoms with Crippen molar-refractivity contribution in [3.8, 4) is 0 Å². The molecule has 4 nitrogen and oxygen atoms in total. The molecule has 1 N–H and O–H groups in total. The highest BCUT2D eigenvalue weighted by atomic mass is 16.2. The summed E-state index contributed by atoms with van der Waals surface area (Å²) in [5.41, 5.74) is 7.91. The fourth-order valence-electron chi connectivity index (χ4n) is 2.82. The topological polar surface area (TPSA) is 44.7 Å². The van der Waals surface area contributed by atoms with Crippen LogP contribution in [0.4, 0.5) is 5.69 Å². The van der Waals surface area contributed by atoms with Crippen molar-refractivity contribution in [2.24, 2.45) is 5.10 Å². The molecule has 0 bridgehead atoms. The van der Waals surface area contributed by atoms with Gasteiger partial charge in [0.25, 0.3) is 5.91 Å². The van der Waals surface area contributed by atoms with E-state index in [0.29, 0.717) is 12.2 Å². The number of anilines is 1. The summed E-state index contributed by atoms with van der Waals surface area (Å²) in [5.74, 6) is -0.204. The Bertz CT molecular complexity index is 970. The quantitative estimate of drug-likeness (QED) is 0.372. The second kappa shape index (κ2) is 9.87. The van der Waals surface area contributed by atoms with Crippen molar-refractivity contribution in [3.63, 3.8) is 0 Å². The van der Waals surface area contributed by atoms with E-state index < -0.39 is 0 Å². The van der Waals surface area contributed by atoms with Gasteiger partial charge in [-0.1, -0.05) is 30.8 Å². The van der Waals surface area contributed by atoms with E-state index in [0.717, 1.165) is 22.5 Å². The van der Waals surface area contributed by atoms with E-state index in [1.54, 1.807) is 13.0 Å². The zero-order valence-corrected chi connectivity index (χ0v) is 18.3. The molecule has 0 spiro atoms. The summed E-state index contributed by atoms with van der Waals surface area (Å²) in [7, 11) is 0. The minimum Gasteiger partial charge on any atom is -0.381 e. The minimum atomic E-state index is -0.204. The molecule has 2 aromatic carbocycles. The number of amides is 1. The average molecular weight is 390 g/mol. The van der Waals surface area contributed by atoms with Gasteiger partial charge in [-0.3, -0.25) is 4.79 Å². The van der Waals surface area contributed by atoms with Gasteiger partial charge in [-0.2, -0.15) is 5.10 Å². The fraction of sp³-hybridized carbons (Fsp3) is 0.280. The first kappa shape index (κ1) is 22.2. The van der Waals surface area contributed by atoms with Crippen LogP contribution in [0.25, 0.3) is 0 Å². The number of carbonyl (C=O) groups is 1. The van der Waals surface area contributed by atoms with E-state index >= 15 is 0 Å². The van der Waals surface area contributed by atoms with Crippen molar-refractivity contribution in [2.75, 3.05) is 11.9 Å². The lowest BCUT2D eigenvalue weighted by molar-refractivity contribution is -0.124. The number of rotatable bonds is 7. The number of hydrogen-bond acceptors (Lipinski definition) is 3. The van der Waals surface area contributed by atoms with Gasteiger partial charge in [0.2, 0.25) is 0 Å². The highest BCUT2D eigenvalue weighted by Gasteiger charge is 2.13. The smallest absolute Gasteiger partial charge is 0.271 e. The number of nitrogens with zero attached hydrogens (tertiary/aromatic N) is 2. The van der Waals surface area contributed by atoms with Crippen LogP contribution in [0.1, 0.15) is 43.0 Å². The zero-order valence-electron chi connectivity index (χ0n) is 18.3. The molecule has 0 unspecified atom stereocenters. The average Bonchev–Trinajstić information content (AvgIpc) is 2.66. The van der Waals surface area contributed by atoms with Crippen LogP contribution in [0.15, 0.2) is 71.5 Å². The molecular formula is C25H31N3O. The Kier molecular flexibility index (Phi) is 7.54. The van der Waals surface area contributed by atoms with E-state index in [-0.39, 0.29) is 5.91 Å². The molecule has 0 atom stereocenters. The predicted molar refractivity (Wildman–Crippen MR) is 123 cm³/mol. The Balaban J connectivity index is 2.14. The molecule has 0 radical (unpaired) electrons. The third kappa shape index (κ3) is 6.46. The Morgan fingerprint density at radius 2 is 1.79 bits per heavy atom. The summed E-state index contributed by atoms with van der Waals surface area (Å²) in [6, 6.07) is 14.3. The molecule has 152 valence electrons. The van der Waals surface area contributed by atoms with E-state index in [1.807, 2.05) is 32.0 Å². The highest BCUT2D eigenvalue weighted by Crippen LogP contribution is 2.14. The normalized spacial score (nSPS) is 11.9. The van der Waals surface area contributed by atoms with Crippen LogP contribution in [-0.2, 0) is 4.79 Å². The van der Waals surface area contributed by atoms with Gasteiger partial charge in [0, 0.05) is 24.0 Å². The molecule has 29 heavy (non-hydrogen) atoms. The van der Waals surface area contributed by atoms with E-state index in [1.165, 1.54) is 21.7 Å². The molecule has 0 heterocycles. The number of allylic oxidation sites excluding steroid dienone is 1. The van der Waals surface area contributed by atoms with Crippen molar-refractivity contribution >= 4 is 17.3 Å². The number of benzene rings is 2. The second-order valence-corrected chi connectivity index (χ2v) is 7.58. The summed E-state index contributed by atoms with van der Waals surface area (Å²) in [6.07, 6.45) is 1.61. The van der Waals surface area contributed by atoms with Crippen LogP contribution in [0, 0.1) is 20.8 Å². The maximum Gasteiger partial charge on any atom is 0.271 e. The van der Waals surface area contributed by atoms with Crippen LogP contribution in [0.3, 0.4) is 0 Å². The molecule has 0 fully saturated rings. The Morgan fingerprint density at radius 3 is 2.41 bits per heavy atom. The number of hydrogen-bond donors (Lipinski definition) is 1. The highest BCUT2D eigenvalue weighted by molar-refractivity contribution is 6.00. The summed E-state index contributed by atoms with van der Waals surface area (Å²) < 4.78 is 0. The summed E-state index contributed by atoms with van der Waals surface area (Å²) >= 11 is 0. The summed E-state index contributed by atoms with van der Waals surface area (Å²) in [4.78, 5) is 12.8.